The molecule has 6 nitrogen and oxygen atoms in total. The van der Waals surface area contributed by atoms with Crippen molar-refractivity contribution in [2.45, 2.75) is 36.5 Å². The summed E-state index contributed by atoms with van der Waals surface area (Å²) in [5, 5.41) is 12.8. The van der Waals surface area contributed by atoms with E-state index in [0.717, 1.165) is 12.2 Å². The molecule has 0 radical (unpaired) electrons. The Morgan fingerprint density at radius 3 is 2.90 bits per heavy atom. The lowest BCUT2D eigenvalue weighted by Crippen LogP contribution is -2.33. The third-order valence-corrected chi connectivity index (χ3v) is 6.60. The van der Waals surface area contributed by atoms with E-state index in [-0.39, 0.29) is 16.2 Å². The number of thioether (sulfide) groups is 1. The lowest BCUT2D eigenvalue weighted by Gasteiger charge is -2.22. The smallest absolute Gasteiger partial charge is 0.246 e. The Bertz CT molecular complexity index is 554. The summed E-state index contributed by atoms with van der Waals surface area (Å²) in [5.74, 6) is 0.803. The maximum Gasteiger partial charge on any atom is 0.246 e. The van der Waals surface area contributed by atoms with Gasteiger partial charge in [0.15, 0.2) is 0 Å². The van der Waals surface area contributed by atoms with Gasteiger partial charge in [-0.15, -0.1) is 0 Å². The van der Waals surface area contributed by atoms with E-state index < -0.39 is 10.0 Å². The molecule has 0 aliphatic carbocycles. The molecule has 1 saturated heterocycles. The number of hydrogen-bond donors (Lipinski definition) is 1. The molecular weight excluding hydrogens is 298 g/mol. The van der Waals surface area contributed by atoms with Crippen LogP contribution in [0.2, 0.25) is 0 Å². The minimum atomic E-state index is -3.48. The summed E-state index contributed by atoms with van der Waals surface area (Å²) in [7, 11) is -3.48. The molecule has 0 bridgehead atoms. The molecule has 1 N–H and O–H groups in total. The molecule has 0 amide bonds. The maximum atomic E-state index is 12.6. The number of hydrogen-bond acceptors (Lipinski definition) is 5. The van der Waals surface area contributed by atoms with Crippen molar-refractivity contribution in [2.75, 3.05) is 25.4 Å². The summed E-state index contributed by atoms with van der Waals surface area (Å²) in [6.45, 7) is 5.60. The van der Waals surface area contributed by atoms with Crippen LogP contribution in [0.1, 0.15) is 20.3 Å². The zero-order valence-electron chi connectivity index (χ0n) is 11.8. The van der Waals surface area contributed by atoms with Gasteiger partial charge >= 0.3 is 0 Å². The molecule has 2 rings (SSSR count). The highest BCUT2D eigenvalue weighted by atomic mass is 32.2. The predicted octanol–water partition coefficient (Wildman–Crippen LogP) is 0.782. The lowest BCUT2D eigenvalue weighted by molar-refractivity contribution is 0.269. The summed E-state index contributed by atoms with van der Waals surface area (Å²) < 4.78 is 28.2. The molecule has 114 valence electrons. The monoisotopic (exact) mass is 319 g/mol. The van der Waals surface area contributed by atoms with Gasteiger partial charge < -0.3 is 5.11 Å². The van der Waals surface area contributed by atoms with Crippen molar-refractivity contribution < 1.29 is 13.5 Å². The molecule has 1 aliphatic rings. The average Bonchev–Trinajstić information content (AvgIpc) is 2.75. The Balaban J connectivity index is 2.16. The van der Waals surface area contributed by atoms with Gasteiger partial charge in [0, 0.05) is 29.8 Å². The Hall–Kier alpha value is -0.570. The molecule has 1 aliphatic heterocycles. The standard InChI is InChI=1S/C12H21N3O3S2/c1-12(2)3-4-15(6-8-19-12)20(17,18)11-9-13-14(10-11)5-7-16/h9-10,16H,3-8H2,1-2H3. The topological polar surface area (TPSA) is 75.4 Å². The zero-order chi connectivity index (χ0) is 14.8. The van der Waals surface area contributed by atoms with Crippen LogP contribution in [0.5, 0.6) is 0 Å². The highest BCUT2D eigenvalue weighted by Crippen LogP contribution is 2.32. The van der Waals surface area contributed by atoms with Gasteiger partial charge in [0.1, 0.15) is 4.90 Å². The predicted molar refractivity (Wildman–Crippen MR) is 79.2 cm³/mol. The third-order valence-electron chi connectivity index (χ3n) is 3.37. The Morgan fingerprint density at radius 2 is 2.20 bits per heavy atom. The van der Waals surface area contributed by atoms with Crippen LogP contribution in [0.25, 0.3) is 0 Å². The van der Waals surface area contributed by atoms with Crippen LogP contribution < -0.4 is 0 Å². The number of aliphatic hydroxyl groups is 1. The minimum Gasteiger partial charge on any atom is -0.394 e. The van der Waals surface area contributed by atoms with Gasteiger partial charge in [-0.1, -0.05) is 13.8 Å². The first-order valence-electron chi connectivity index (χ1n) is 6.63. The first kappa shape index (κ1) is 15.8. The summed E-state index contributed by atoms with van der Waals surface area (Å²) in [6.07, 6.45) is 3.67. The molecule has 20 heavy (non-hydrogen) atoms. The SMILES string of the molecule is CC1(C)CCN(S(=O)(=O)c2cnn(CCO)c2)CCS1. The van der Waals surface area contributed by atoms with E-state index in [1.54, 1.807) is 0 Å². The van der Waals surface area contributed by atoms with Crippen LogP contribution in [0.3, 0.4) is 0 Å². The van der Waals surface area contributed by atoms with Gasteiger partial charge in [0.05, 0.1) is 19.3 Å². The van der Waals surface area contributed by atoms with Gasteiger partial charge in [-0.25, -0.2) is 8.42 Å². The van der Waals surface area contributed by atoms with Crippen molar-refractivity contribution in [1.82, 2.24) is 14.1 Å². The molecular formula is C12H21N3O3S2. The van der Waals surface area contributed by atoms with E-state index in [9.17, 15) is 8.42 Å². The van der Waals surface area contributed by atoms with Crippen molar-refractivity contribution >= 4 is 21.8 Å². The normalized spacial score (nSPS) is 20.8. The van der Waals surface area contributed by atoms with Crippen LogP contribution in [0, 0.1) is 0 Å². The summed E-state index contributed by atoms with van der Waals surface area (Å²) in [6, 6.07) is 0. The van der Waals surface area contributed by atoms with Gasteiger partial charge in [0.25, 0.3) is 0 Å². The average molecular weight is 319 g/mol. The quantitative estimate of drug-likeness (QED) is 0.888. The highest BCUT2D eigenvalue weighted by molar-refractivity contribution is 8.00. The van der Waals surface area contributed by atoms with Crippen LogP contribution in [0.4, 0.5) is 0 Å². The molecule has 0 unspecified atom stereocenters. The second-order valence-corrected chi connectivity index (χ2v) is 9.16. The van der Waals surface area contributed by atoms with Gasteiger partial charge in [-0.3, -0.25) is 4.68 Å². The summed E-state index contributed by atoms with van der Waals surface area (Å²) in [5.41, 5.74) is 0. The molecule has 1 aromatic rings. The highest BCUT2D eigenvalue weighted by Gasteiger charge is 2.31. The third kappa shape index (κ3) is 3.55. The van der Waals surface area contributed by atoms with E-state index in [1.807, 2.05) is 11.8 Å². The van der Waals surface area contributed by atoms with Gasteiger partial charge in [-0.2, -0.15) is 21.2 Å². The lowest BCUT2D eigenvalue weighted by atomic mass is 10.1. The number of aromatic nitrogens is 2. The molecule has 0 saturated carbocycles. The second kappa shape index (κ2) is 6.05. The van der Waals surface area contributed by atoms with E-state index in [2.05, 4.69) is 18.9 Å². The maximum absolute atomic E-state index is 12.6. The molecule has 0 aromatic carbocycles. The second-order valence-electron chi connectivity index (χ2n) is 5.42. The van der Waals surface area contributed by atoms with Crippen molar-refractivity contribution in [3.63, 3.8) is 0 Å². The van der Waals surface area contributed by atoms with Crippen molar-refractivity contribution in [3.8, 4) is 0 Å². The number of sulfonamides is 1. The molecule has 0 atom stereocenters. The van der Waals surface area contributed by atoms with Crippen LogP contribution in [-0.2, 0) is 16.6 Å². The molecule has 1 fully saturated rings. The van der Waals surface area contributed by atoms with Crippen molar-refractivity contribution in [3.05, 3.63) is 12.4 Å². The van der Waals surface area contributed by atoms with E-state index >= 15 is 0 Å². The minimum absolute atomic E-state index is 0.0598. The van der Waals surface area contributed by atoms with Gasteiger partial charge in [-0.05, 0) is 6.42 Å². The Morgan fingerprint density at radius 1 is 1.45 bits per heavy atom. The molecule has 0 spiro atoms. The Kier molecular flexibility index (Phi) is 4.78. The van der Waals surface area contributed by atoms with Gasteiger partial charge in [0.2, 0.25) is 10.0 Å². The summed E-state index contributed by atoms with van der Waals surface area (Å²) in [4.78, 5) is 0.204. The molecule has 2 heterocycles. The van der Waals surface area contributed by atoms with Crippen molar-refractivity contribution in [2.24, 2.45) is 0 Å². The number of nitrogens with zero attached hydrogens (tertiary/aromatic N) is 3. The number of aliphatic hydroxyl groups excluding tert-OH is 1. The largest absolute Gasteiger partial charge is 0.394 e. The molecule has 1 aromatic heterocycles. The number of rotatable bonds is 4. The van der Waals surface area contributed by atoms with Crippen LogP contribution in [0.15, 0.2) is 17.3 Å². The van der Waals surface area contributed by atoms with Crippen molar-refractivity contribution in [1.29, 1.82) is 0 Å². The van der Waals surface area contributed by atoms with Crippen LogP contribution >= 0.6 is 11.8 Å². The summed E-state index contributed by atoms with van der Waals surface area (Å²) >= 11 is 1.81. The van der Waals surface area contributed by atoms with E-state index in [1.165, 1.54) is 21.4 Å². The molecule has 8 heteroatoms. The van der Waals surface area contributed by atoms with Crippen LogP contribution in [-0.4, -0.2) is 57.8 Å². The fraction of sp³-hybridized carbons (Fsp3) is 0.750. The zero-order valence-corrected chi connectivity index (χ0v) is 13.5. The van der Waals surface area contributed by atoms with E-state index in [0.29, 0.717) is 19.6 Å². The fourth-order valence-electron chi connectivity index (χ4n) is 2.09. The first-order chi connectivity index (χ1) is 9.35. The fourth-order valence-corrected chi connectivity index (χ4v) is 4.71. The first-order valence-corrected chi connectivity index (χ1v) is 9.05. The van der Waals surface area contributed by atoms with E-state index in [4.69, 9.17) is 5.11 Å². The Labute approximate surface area is 124 Å².